The average Bonchev–Trinajstić information content (AvgIpc) is 3.09. The van der Waals surface area contributed by atoms with E-state index in [4.69, 9.17) is 14.2 Å². The van der Waals surface area contributed by atoms with Crippen molar-refractivity contribution in [2.24, 2.45) is 4.99 Å². The maximum atomic E-state index is 5.64. The maximum absolute atomic E-state index is 5.64. The number of benzene rings is 1. The Balaban J connectivity index is 1.97. The molecule has 1 aliphatic heterocycles. The maximum Gasteiger partial charge on any atom is 0.193 e. The molecule has 6 nitrogen and oxygen atoms in total. The van der Waals surface area contributed by atoms with E-state index in [0.29, 0.717) is 6.54 Å². The molecule has 2 rings (SSSR count). The fourth-order valence-electron chi connectivity index (χ4n) is 2.71. The number of nitrogens with one attached hydrogen (secondary N) is 1. The molecular weight excluding hydrogens is 294 g/mol. The summed E-state index contributed by atoms with van der Waals surface area (Å²) in [5.41, 5.74) is 1.08. The van der Waals surface area contributed by atoms with Crippen LogP contribution in [0, 0.1) is 0 Å². The quantitative estimate of drug-likeness (QED) is 0.640. The van der Waals surface area contributed by atoms with Gasteiger partial charge in [0, 0.05) is 45.4 Å². The molecule has 128 valence electrons. The highest BCUT2D eigenvalue weighted by molar-refractivity contribution is 5.79. The topological polar surface area (TPSA) is 55.3 Å². The third kappa shape index (κ3) is 4.76. The van der Waals surface area contributed by atoms with Crippen LogP contribution in [0.25, 0.3) is 0 Å². The Bertz CT molecular complexity index is 528. The predicted molar refractivity (Wildman–Crippen MR) is 91.3 cm³/mol. The Morgan fingerprint density at radius 2 is 2.22 bits per heavy atom. The fourth-order valence-corrected chi connectivity index (χ4v) is 2.71. The number of nitrogens with zero attached hydrogens (tertiary/aromatic N) is 2. The Morgan fingerprint density at radius 1 is 1.39 bits per heavy atom. The molecule has 0 bridgehead atoms. The van der Waals surface area contributed by atoms with Gasteiger partial charge in [-0.3, -0.25) is 4.99 Å². The van der Waals surface area contributed by atoms with Gasteiger partial charge in [0.2, 0.25) is 0 Å². The minimum Gasteiger partial charge on any atom is -0.497 e. The molecule has 0 amide bonds. The monoisotopic (exact) mass is 321 g/mol. The zero-order valence-electron chi connectivity index (χ0n) is 14.5. The van der Waals surface area contributed by atoms with E-state index in [2.05, 4.69) is 15.2 Å². The first-order valence-corrected chi connectivity index (χ1v) is 7.92. The summed E-state index contributed by atoms with van der Waals surface area (Å²) in [7, 11) is 7.12. The van der Waals surface area contributed by atoms with Crippen LogP contribution in [0.15, 0.2) is 23.2 Å². The summed E-state index contributed by atoms with van der Waals surface area (Å²) >= 11 is 0. The van der Waals surface area contributed by atoms with Crippen LogP contribution in [-0.4, -0.2) is 58.4 Å². The average molecular weight is 321 g/mol. The molecule has 0 spiro atoms. The standard InChI is InChI=1S/C17H27N3O3/c1-18-17(19-11-15-6-5-9-23-15)20(2)12-13-7-8-14(21-3)10-16(13)22-4/h7-8,10,15H,5-6,9,11-12H2,1-4H3,(H,18,19). The molecule has 1 aromatic rings. The van der Waals surface area contributed by atoms with Crippen molar-refractivity contribution in [3.8, 4) is 11.5 Å². The summed E-state index contributed by atoms with van der Waals surface area (Å²) in [6.07, 6.45) is 2.54. The van der Waals surface area contributed by atoms with Gasteiger partial charge in [-0.25, -0.2) is 0 Å². The van der Waals surface area contributed by atoms with Crippen molar-refractivity contribution < 1.29 is 14.2 Å². The lowest BCUT2D eigenvalue weighted by molar-refractivity contribution is 0.113. The van der Waals surface area contributed by atoms with E-state index in [-0.39, 0.29) is 6.10 Å². The van der Waals surface area contributed by atoms with E-state index in [1.54, 1.807) is 21.3 Å². The van der Waals surface area contributed by atoms with Gasteiger partial charge in [-0.2, -0.15) is 0 Å². The van der Waals surface area contributed by atoms with Gasteiger partial charge in [-0.15, -0.1) is 0 Å². The first-order valence-electron chi connectivity index (χ1n) is 7.92. The molecule has 1 unspecified atom stereocenters. The molecule has 0 saturated carbocycles. The molecule has 1 saturated heterocycles. The molecular formula is C17H27N3O3. The lowest BCUT2D eigenvalue weighted by Gasteiger charge is -2.24. The Labute approximate surface area is 138 Å². The zero-order chi connectivity index (χ0) is 16.7. The molecule has 1 aromatic carbocycles. The highest BCUT2D eigenvalue weighted by Gasteiger charge is 2.17. The molecule has 1 aliphatic rings. The minimum atomic E-state index is 0.288. The third-order valence-electron chi connectivity index (χ3n) is 3.99. The van der Waals surface area contributed by atoms with Crippen LogP contribution in [0.3, 0.4) is 0 Å². The van der Waals surface area contributed by atoms with Gasteiger partial charge in [0.15, 0.2) is 5.96 Å². The third-order valence-corrected chi connectivity index (χ3v) is 3.99. The summed E-state index contributed by atoms with van der Waals surface area (Å²) in [5, 5.41) is 3.38. The normalized spacial score (nSPS) is 17.9. The Kier molecular flexibility index (Phi) is 6.52. The summed E-state index contributed by atoms with van der Waals surface area (Å²) in [5.74, 6) is 2.44. The van der Waals surface area contributed by atoms with Crippen LogP contribution in [0.2, 0.25) is 0 Å². The lowest BCUT2D eigenvalue weighted by atomic mass is 10.2. The van der Waals surface area contributed by atoms with Crippen LogP contribution in [0.5, 0.6) is 11.5 Å². The second kappa shape index (κ2) is 8.62. The van der Waals surface area contributed by atoms with Crippen molar-refractivity contribution >= 4 is 5.96 Å². The van der Waals surface area contributed by atoms with Gasteiger partial charge in [-0.05, 0) is 25.0 Å². The van der Waals surface area contributed by atoms with Gasteiger partial charge in [0.1, 0.15) is 11.5 Å². The van der Waals surface area contributed by atoms with Gasteiger partial charge >= 0.3 is 0 Å². The molecule has 1 atom stereocenters. The summed E-state index contributed by atoms with van der Waals surface area (Å²) in [6.45, 7) is 2.35. The first kappa shape index (κ1) is 17.4. The number of rotatable bonds is 6. The number of ether oxygens (including phenoxy) is 3. The summed E-state index contributed by atoms with van der Waals surface area (Å²) in [6, 6.07) is 5.85. The Hall–Kier alpha value is -1.95. The van der Waals surface area contributed by atoms with Crippen molar-refractivity contribution in [1.29, 1.82) is 0 Å². The van der Waals surface area contributed by atoms with Gasteiger partial charge in [-0.1, -0.05) is 0 Å². The summed E-state index contributed by atoms with van der Waals surface area (Å²) < 4.78 is 16.3. The molecule has 6 heteroatoms. The van der Waals surface area contributed by atoms with Crippen LogP contribution < -0.4 is 14.8 Å². The van der Waals surface area contributed by atoms with Crippen LogP contribution in [0.4, 0.5) is 0 Å². The van der Waals surface area contributed by atoms with Crippen molar-refractivity contribution in [2.45, 2.75) is 25.5 Å². The highest BCUT2D eigenvalue weighted by Crippen LogP contribution is 2.25. The SMILES string of the molecule is CN=C(NCC1CCCO1)N(C)Cc1ccc(OC)cc1OC. The van der Waals surface area contributed by atoms with E-state index in [9.17, 15) is 0 Å². The predicted octanol–water partition coefficient (Wildman–Crippen LogP) is 1.89. The van der Waals surface area contributed by atoms with Crippen molar-refractivity contribution in [3.05, 3.63) is 23.8 Å². The first-order chi connectivity index (χ1) is 11.2. The molecule has 0 aromatic heterocycles. The highest BCUT2D eigenvalue weighted by atomic mass is 16.5. The molecule has 1 heterocycles. The van der Waals surface area contributed by atoms with E-state index < -0.39 is 0 Å². The van der Waals surface area contributed by atoms with Crippen molar-refractivity contribution in [3.63, 3.8) is 0 Å². The molecule has 0 radical (unpaired) electrons. The molecule has 23 heavy (non-hydrogen) atoms. The lowest BCUT2D eigenvalue weighted by Crippen LogP contribution is -2.41. The van der Waals surface area contributed by atoms with Crippen LogP contribution in [0.1, 0.15) is 18.4 Å². The number of hydrogen-bond donors (Lipinski definition) is 1. The molecule has 1 N–H and O–H groups in total. The van der Waals surface area contributed by atoms with E-state index in [1.807, 2.05) is 25.2 Å². The van der Waals surface area contributed by atoms with Crippen LogP contribution >= 0.6 is 0 Å². The van der Waals surface area contributed by atoms with Crippen molar-refractivity contribution in [2.75, 3.05) is 41.5 Å². The molecule has 1 fully saturated rings. The van der Waals surface area contributed by atoms with E-state index >= 15 is 0 Å². The van der Waals surface area contributed by atoms with Crippen LogP contribution in [-0.2, 0) is 11.3 Å². The number of methoxy groups -OCH3 is 2. The zero-order valence-corrected chi connectivity index (χ0v) is 14.5. The minimum absolute atomic E-state index is 0.288. The summed E-state index contributed by atoms with van der Waals surface area (Å²) in [4.78, 5) is 6.41. The van der Waals surface area contributed by atoms with Gasteiger partial charge in [0.05, 0.1) is 20.3 Å². The fraction of sp³-hybridized carbons (Fsp3) is 0.588. The van der Waals surface area contributed by atoms with Gasteiger partial charge < -0.3 is 24.4 Å². The second-order valence-corrected chi connectivity index (χ2v) is 5.60. The molecule has 0 aliphatic carbocycles. The largest absolute Gasteiger partial charge is 0.497 e. The van der Waals surface area contributed by atoms with Gasteiger partial charge in [0.25, 0.3) is 0 Å². The number of guanidine groups is 1. The number of aliphatic imine (C=N–C) groups is 1. The smallest absolute Gasteiger partial charge is 0.193 e. The number of hydrogen-bond acceptors (Lipinski definition) is 4. The van der Waals surface area contributed by atoms with Crippen molar-refractivity contribution in [1.82, 2.24) is 10.2 Å². The second-order valence-electron chi connectivity index (χ2n) is 5.60. The Morgan fingerprint density at radius 3 is 2.83 bits per heavy atom. The van der Waals surface area contributed by atoms with E-state index in [1.165, 1.54) is 0 Å². The van der Waals surface area contributed by atoms with E-state index in [0.717, 1.165) is 49.0 Å².